The van der Waals surface area contributed by atoms with Gasteiger partial charge in [-0.25, -0.2) is 14.3 Å². The molecular weight excluding hydrogens is 604 g/mol. The number of amides is 2. The highest BCUT2D eigenvalue weighted by atomic mass is 32.2. The van der Waals surface area contributed by atoms with Crippen molar-refractivity contribution < 1.29 is 66.2 Å². The first-order chi connectivity index (χ1) is 17.5. The van der Waals surface area contributed by atoms with Crippen LogP contribution in [0.5, 0.6) is 0 Å². The molecule has 14 N–H and O–H groups in total. The number of thioether (sulfide) groups is 1. The molecule has 42 heavy (non-hydrogen) atoms. The fourth-order valence-electron chi connectivity index (χ4n) is 3.56. The maximum Gasteiger partial charge on any atom is 0.350 e. The van der Waals surface area contributed by atoms with Crippen molar-refractivity contribution in [3.63, 3.8) is 0 Å². The fraction of sp³-hybridized carbons (Fsp3) is 0.318. The number of rotatable bonds is 9. The molecule has 2 aromatic rings. The molecule has 4 heterocycles. The van der Waals surface area contributed by atoms with Crippen LogP contribution in [-0.4, -0.2) is 94.6 Å². The van der Waals surface area contributed by atoms with E-state index in [4.69, 9.17) is 10.6 Å². The number of hydrogen-bond donors (Lipinski definition) is 3. The molecule has 2 aliphatic rings. The van der Waals surface area contributed by atoms with Crippen LogP contribution in [0.2, 0.25) is 0 Å². The monoisotopic (exact) mass is 636 g/mol. The van der Waals surface area contributed by atoms with Crippen molar-refractivity contribution in [2.24, 2.45) is 5.16 Å². The summed E-state index contributed by atoms with van der Waals surface area (Å²) < 4.78 is 1.78. The Balaban J connectivity index is 0. The number of carboxylic acids is 2. The average molecular weight is 637 g/mol. The summed E-state index contributed by atoms with van der Waals surface area (Å²) in [7, 11) is 0. The zero-order valence-corrected chi connectivity index (χ0v) is 23.7. The Bertz CT molecular complexity index is 1330. The summed E-state index contributed by atoms with van der Waals surface area (Å²) in [6, 6.07) is 4.36. The molecule has 2 aliphatic heterocycles. The summed E-state index contributed by atoms with van der Waals surface area (Å²) in [5, 5.41) is 28.4. The van der Waals surface area contributed by atoms with E-state index in [-0.39, 0.29) is 56.2 Å². The number of nitrogens with one attached hydrogen (secondary N) is 1. The number of hydrogen-bond acceptors (Lipinski definition) is 11. The first kappa shape index (κ1) is 40.0. The highest BCUT2D eigenvalue weighted by molar-refractivity contribution is 8.00. The summed E-state index contributed by atoms with van der Waals surface area (Å²) in [5.74, 6) is -4.01. The van der Waals surface area contributed by atoms with Crippen LogP contribution < -0.4 is 20.7 Å². The van der Waals surface area contributed by atoms with E-state index in [1.807, 2.05) is 6.07 Å². The Morgan fingerprint density at radius 1 is 1.21 bits per heavy atom. The molecule has 0 aliphatic carbocycles. The SMILES string of the molecule is CC(C)(O/N=C(\C(=O)NC1C(=O)N2C(C(=O)[O-])=C(C[n+]3ccccc3)CS[C@H]12)c1csc(N)n1)C(=O)O.O.O.O.O.O. The number of nitrogen functional groups attached to an aromatic ring is 1. The molecule has 1 unspecified atom stereocenters. The molecule has 0 spiro atoms. The van der Waals surface area contributed by atoms with Crippen molar-refractivity contribution in [2.45, 2.75) is 37.4 Å². The standard InChI is InChI=1S/C22H22N6O7S2.5H2O/c1-22(2,20(33)34)35-26-13(12-10-37-21(23)24-12)16(29)25-14-17(30)28-15(19(31)32)11(9-36-18(14)28)8-27-6-4-3-5-7-27;;;;;/h3-7,10,14,18H,8-9H2,1-2H3,(H4-,23,24,25,29,31,32,33,34);5*1H2/b26-13-;;;;;/t14?,18-;;;;;/m1...../s1. The molecule has 2 atom stereocenters. The van der Waals surface area contributed by atoms with E-state index in [0.29, 0.717) is 11.3 Å². The van der Waals surface area contributed by atoms with Gasteiger partial charge in [-0.15, -0.1) is 23.1 Å². The summed E-state index contributed by atoms with van der Waals surface area (Å²) >= 11 is 2.32. The molecule has 18 nitrogen and oxygen atoms in total. The molecule has 1 saturated heterocycles. The lowest BCUT2D eigenvalue weighted by atomic mass is 10.0. The Labute approximate surface area is 246 Å². The molecule has 0 radical (unpaired) electrons. The zero-order valence-electron chi connectivity index (χ0n) is 22.1. The number of pyridine rings is 1. The van der Waals surface area contributed by atoms with Gasteiger partial charge in [0.15, 0.2) is 29.8 Å². The minimum atomic E-state index is -1.75. The number of aromatic nitrogens is 2. The Hall–Kier alpha value is -4.18. The number of β-lactam (4-membered cyclic amide) rings is 1. The number of nitrogens with two attached hydrogens (primary N) is 1. The van der Waals surface area contributed by atoms with Gasteiger partial charge in [-0.05, 0) is 13.8 Å². The second kappa shape index (κ2) is 15.7. The van der Waals surface area contributed by atoms with Crippen LogP contribution in [0.1, 0.15) is 19.5 Å². The van der Waals surface area contributed by atoms with E-state index in [9.17, 15) is 29.4 Å². The van der Waals surface area contributed by atoms with Gasteiger partial charge in [0.2, 0.25) is 5.60 Å². The third-order valence-corrected chi connectivity index (χ3v) is 7.55. The topological polar surface area (TPSA) is 349 Å². The van der Waals surface area contributed by atoms with E-state index in [1.165, 1.54) is 31.0 Å². The molecule has 0 aromatic carbocycles. The molecule has 0 bridgehead atoms. The predicted molar refractivity (Wildman–Crippen MR) is 148 cm³/mol. The van der Waals surface area contributed by atoms with Crippen molar-refractivity contribution in [2.75, 3.05) is 11.5 Å². The second-order valence-electron chi connectivity index (χ2n) is 8.57. The number of carbonyl (C=O) groups excluding carboxylic acids is 3. The zero-order chi connectivity index (χ0) is 26.9. The smallest absolute Gasteiger partial charge is 0.350 e. The van der Waals surface area contributed by atoms with Crippen molar-refractivity contribution >= 4 is 57.7 Å². The highest BCUT2D eigenvalue weighted by Crippen LogP contribution is 2.40. The number of nitrogens with zero attached hydrogens (tertiary/aromatic N) is 4. The van der Waals surface area contributed by atoms with E-state index in [2.05, 4.69) is 15.5 Å². The van der Waals surface area contributed by atoms with Gasteiger partial charge >= 0.3 is 5.97 Å². The maximum absolute atomic E-state index is 13.1. The largest absolute Gasteiger partial charge is 0.543 e. The highest BCUT2D eigenvalue weighted by Gasteiger charge is 2.53. The molecule has 0 saturated carbocycles. The molecule has 1 fully saturated rings. The fourth-order valence-corrected chi connectivity index (χ4v) is 5.45. The van der Waals surface area contributed by atoms with Gasteiger partial charge in [-0.3, -0.25) is 14.5 Å². The molecule has 2 amide bonds. The van der Waals surface area contributed by atoms with Crippen LogP contribution >= 0.6 is 23.1 Å². The second-order valence-corrected chi connectivity index (χ2v) is 10.6. The molecular formula is C22H32N6O12S2. The van der Waals surface area contributed by atoms with Crippen molar-refractivity contribution in [3.8, 4) is 0 Å². The summed E-state index contributed by atoms with van der Waals surface area (Å²) in [6.45, 7) is 2.74. The third-order valence-electron chi connectivity index (χ3n) is 5.54. The number of carbonyl (C=O) groups is 4. The molecule has 20 heteroatoms. The lowest BCUT2D eigenvalue weighted by Gasteiger charge is -2.50. The van der Waals surface area contributed by atoms with Gasteiger partial charge in [0.05, 0.1) is 11.7 Å². The van der Waals surface area contributed by atoms with Crippen molar-refractivity contribution in [1.82, 2.24) is 15.2 Å². The van der Waals surface area contributed by atoms with Crippen LogP contribution in [0.3, 0.4) is 0 Å². The number of oxime groups is 1. The van der Waals surface area contributed by atoms with Gasteiger partial charge in [0.1, 0.15) is 17.1 Å². The quantitative estimate of drug-likeness (QED) is 0.101. The predicted octanol–water partition coefficient (Wildman–Crippen LogP) is -5.42. The normalized spacial score (nSPS) is 17.3. The van der Waals surface area contributed by atoms with Gasteiger partial charge < -0.3 is 58.3 Å². The van der Waals surface area contributed by atoms with Crippen LogP contribution in [-0.2, 0) is 30.6 Å². The number of carboxylic acid groups (broad SMARTS) is 2. The van der Waals surface area contributed by atoms with Crippen LogP contribution in [0.25, 0.3) is 0 Å². The Morgan fingerprint density at radius 3 is 2.36 bits per heavy atom. The van der Waals surface area contributed by atoms with Crippen molar-refractivity contribution in [1.29, 1.82) is 0 Å². The van der Waals surface area contributed by atoms with Crippen LogP contribution in [0, 0.1) is 0 Å². The lowest BCUT2D eigenvalue weighted by molar-refractivity contribution is -0.689. The molecule has 4 rings (SSSR count). The molecule has 234 valence electrons. The average Bonchev–Trinajstić information content (AvgIpc) is 3.28. The third kappa shape index (κ3) is 7.97. The van der Waals surface area contributed by atoms with Crippen LogP contribution in [0.15, 0.2) is 52.4 Å². The number of fused-ring (bicyclic) bond motifs is 1. The van der Waals surface area contributed by atoms with Gasteiger partial charge in [0, 0.05) is 28.8 Å². The minimum absolute atomic E-state index is 0. The van der Waals surface area contributed by atoms with E-state index >= 15 is 0 Å². The van der Waals surface area contributed by atoms with Gasteiger partial charge in [-0.1, -0.05) is 11.2 Å². The van der Waals surface area contributed by atoms with Gasteiger partial charge in [0.25, 0.3) is 11.8 Å². The van der Waals surface area contributed by atoms with E-state index < -0.39 is 40.8 Å². The number of thiazole rings is 1. The number of aliphatic carboxylic acids is 2. The van der Waals surface area contributed by atoms with Crippen LogP contribution in [0.4, 0.5) is 5.13 Å². The maximum atomic E-state index is 13.1. The molecule has 2 aromatic heterocycles. The lowest BCUT2D eigenvalue weighted by Crippen LogP contribution is -2.71. The Kier molecular flexibility index (Phi) is 15.0. The summed E-state index contributed by atoms with van der Waals surface area (Å²) in [5.41, 5.74) is 3.83. The minimum Gasteiger partial charge on any atom is -0.543 e. The van der Waals surface area contributed by atoms with E-state index in [0.717, 1.165) is 16.2 Å². The summed E-state index contributed by atoms with van der Waals surface area (Å²) in [4.78, 5) is 59.6. The van der Waals surface area contributed by atoms with E-state index in [1.54, 1.807) is 29.1 Å². The Morgan fingerprint density at radius 2 is 1.83 bits per heavy atom. The van der Waals surface area contributed by atoms with Gasteiger partial charge in [-0.2, -0.15) is 0 Å². The first-order valence-corrected chi connectivity index (χ1v) is 12.8. The number of anilines is 1. The van der Waals surface area contributed by atoms with Crippen molar-refractivity contribution in [3.05, 3.63) is 52.9 Å². The first-order valence-electron chi connectivity index (χ1n) is 10.8. The summed E-state index contributed by atoms with van der Waals surface area (Å²) in [6.07, 6.45) is 3.55.